The number of ether oxygens (including phenoxy) is 1. The predicted octanol–water partition coefficient (Wildman–Crippen LogP) is 2.47. The van der Waals surface area contributed by atoms with E-state index in [4.69, 9.17) is 20.8 Å². The Kier molecular flexibility index (Phi) is 6.72. The smallest absolute Gasteiger partial charge is 0.225 e. The van der Waals surface area contributed by atoms with Crippen molar-refractivity contribution in [3.8, 4) is 0 Å². The number of nitrogens with zero attached hydrogens (tertiary/aromatic N) is 2. The first-order valence-electron chi connectivity index (χ1n) is 10.3. The third-order valence-corrected chi connectivity index (χ3v) is 5.97. The van der Waals surface area contributed by atoms with Crippen LogP contribution >= 0.6 is 11.6 Å². The minimum atomic E-state index is -0.344. The van der Waals surface area contributed by atoms with E-state index in [1.54, 1.807) is 17.2 Å². The van der Waals surface area contributed by atoms with Crippen LogP contribution in [0.3, 0.4) is 0 Å². The number of hydrogen-bond donors (Lipinski definition) is 1. The Morgan fingerprint density at radius 2 is 1.97 bits per heavy atom. The molecule has 2 unspecified atom stereocenters. The van der Waals surface area contributed by atoms with Crippen LogP contribution in [0.25, 0.3) is 0 Å². The standard InChI is InChI=1S/C22H26ClN3O4/c23-18-5-3-16(4-6-18)20(25-7-10-29-11-8-25)13-24-22(28)17-12-21(27)26(14-17)15-19-2-1-9-30-19/h1-6,9,17,20H,7-8,10-15H2,(H,24,28). The number of carbonyl (C=O) groups excluding carboxylic acids is 2. The van der Waals surface area contributed by atoms with Crippen LogP contribution in [0, 0.1) is 5.92 Å². The van der Waals surface area contributed by atoms with Crippen molar-refractivity contribution < 1.29 is 18.7 Å². The van der Waals surface area contributed by atoms with Crippen molar-refractivity contribution >= 4 is 23.4 Å². The molecule has 4 rings (SSSR count). The quantitative estimate of drug-likeness (QED) is 0.729. The molecule has 1 N–H and O–H groups in total. The zero-order valence-corrected chi connectivity index (χ0v) is 17.5. The number of morpholine rings is 1. The fraction of sp³-hybridized carbons (Fsp3) is 0.455. The SMILES string of the molecule is O=C(NCC(c1ccc(Cl)cc1)N1CCOCC1)C1CC(=O)N(Cc2ccco2)C1. The lowest BCUT2D eigenvalue weighted by atomic mass is 10.0. The molecule has 7 nitrogen and oxygen atoms in total. The van der Waals surface area contributed by atoms with E-state index < -0.39 is 0 Å². The number of hydrogen-bond acceptors (Lipinski definition) is 5. The third-order valence-electron chi connectivity index (χ3n) is 5.72. The second-order valence-corrected chi connectivity index (χ2v) is 8.15. The number of halogens is 1. The van der Waals surface area contributed by atoms with E-state index in [0.29, 0.717) is 37.9 Å². The molecule has 2 aromatic rings. The molecule has 1 aromatic heterocycles. The van der Waals surface area contributed by atoms with Crippen LogP contribution in [0.4, 0.5) is 0 Å². The molecule has 2 saturated heterocycles. The second kappa shape index (κ2) is 9.64. The number of amides is 2. The Labute approximate surface area is 180 Å². The first-order chi connectivity index (χ1) is 14.6. The molecule has 2 aliphatic rings. The zero-order chi connectivity index (χ0) is 20.9. The summed E-state index contributed by atoms with van der Waals surface area (Å²) >= 11 is 6.05. The predicted molar refractivity (Wildman–Crippen MR) is 112 cm³/mol. The number of likely N-dealkylation sites (tertiary alicyclic amines) is 1. The summed E-state index contributed by atoms with van der Waals surface area (Å²) in [5, 5.41) is 3.76. The minimum absolute atomic E-state index is 0.0195. The second-order valence-electron chi connectivity index (χ2n) is 7.72. The number of nitrogens with one attached hydrogen (secondary N) is 1. The van der Waals surface area contributed by atoms with E-state index in [1.165, 1.54) is 0 Å². The van der Waals surface area contributed by atoms with Gasteiger partial charge in [0, 0.05) is 37.6 Å². The lowest BCUT2D eigenvalue weighted by molar-refractivity contribution is -0.129. The highest BCUT2D eigenvalue weighted by Crippen LogP contribution is 2.24. The van der Waals surface area contributed by atoms with Gasteiger partial charge in [-0.2, -0.15) is 0 Å². The molecule has 2 fully saturated rings. The maximum absolute atomic E-state index is 12.8. The summed E-state index contributed by atoms with van der Waals surface area (Å²) in [5.74, 6) is 0.272. The van der Waals surface area contributed by atoms with Gasteiger partial charge >= 0.3 is 0 Å². The Morgan fingerprint density at radius 3 is 2.67 bits per heavy atom. The van der Waals surface area contributed by atoms with E-state index in [9.17, 15) is 9.59 Å². The van der Waals surface area contributed by atoms with E-state index in [-0.39, 0.29) is 30.2 Å². The van der Waals surface area contributed by atoms with Crippen molar-refractivity contribution in [3.05, 3.63) is 59.0 Å². The summed E-state index contributed by atoms with van der Waals surface area (Å²) in [6, 6.07) is 11.4. The van der Waals surface area contributed by atoms with E-state index in [1.807, 2.05) is 30.3 Å². The molecule has 0 aliphatic carbocycles. The van der Waals surface area contributed by atoms with Gasteiger partial charge in [-0.1, -0.05) is 23.7 Å². The number of rotatable bonds is 7. The maximum Gasteiger partial charge on any atom is 0.225 e. The lowest BCUT2D eigenvalue weighted by Crippen LogP contribution is -2.45. The van der Waals surface area contributed by atoms with Crippen molar-refractivity contribution in [2.45, 2.75) is 19.0 Å². The summed E-state index contributed by atoms with van der Waals surface area (Å²) in [7, 11) is 0. The molecular formula is C22H26ClN3O4. The van der Waals surface area contributed by atoms with Gasteiger partial charge in [0.1, 0.15) is 5.76 Å². The van der Waals surface area contributed by atoms with Gasteiger partial charge < -0.3 is 19.4 Å². The van der Waals surface area contributed by atoms with Gasteiger partial charge in [-0.3, -0.25) is 14.5 Å². The Balaban J connectivity index is 1.37. The molecule has 8 heteroatoms. The summed E-state index contributed by atoms with van der Waals surface area (Å²) in [6.07, 6.45) is 1.82. The lowest BCUT2D eigenvalue weighted by Gasteiger charge is -2.35. The van der Waals surface area contributed by atoms with Gasteiger partial charge in [0.15, 0.2) is 0 Å². The van der Waals surface area contributed by atoms with Crippen LogP contribution in [-0.2, 0) is 20.9 Å². The third kappa shape index (κ3) is 5.03. The highest BCUT2D eigenvalue weighted by molar-refractivity contribution is 6.30. The van der Waals surface area contributed by atoms with Gasteiger partial charge in [0.05, 0.1) is 38.0 Å². The number of carbonyl (C=O) groups is 2. The number of furan rings is 1. The average molecular weight is 432 g/mol. The summed E-state index contributed by atoms with van der Waals surface area (Å²) in [4.78, 5) is 29.2. The highest BCUT2D eigenvalue weighted by Gasteiger charge is 2.35. The molecule has 0 spiro atoms. The van der Waals surface area contributed by atoms with E-state index in [2.05, 4.69) is 10.2 Å². The van der Waals surface area contributed by atoms with Crippen LogP contribution in [0.15, 0.2) is 47.1 Å². The first kappa shape index (κ1) is 20.9. The maximum atomic E-state index is 12.8. The minimum Gasteiger partial charge on any atom is -0.467 e. The highest BCUT2D eigenvalue weighted by atomic mass is 35.5. The topological polar surface area (TPSA) is 75.0 Å². The van der Waals surface area contributed by atoms with Gasteiger partial charge in [-0.15, -0.1) is 0 Å². The van der Waals surface area contributed by atoms with Gasteiger partial charge in [-0.05, 0) is 29.8 Å². The first-order valence-corrected chi connectivity index (χ1v) is 10.6. The molecule has 0 saturated carbocycles. The van der Waals surface area contributed by atoms with Crippen LogP contribution in [-0.4, -0.2) is 61.0 Å². The molecule has 3 heterocycles. The van der Waals surface area contributed by atoms with Gasteiger partial charge in [-0.25, -0.2) is 0 Å². The summed E-state index contributed by atoms with van der Waals surface area (Å²) in [5.41, 5.74) is 1.10. The fourth-order valence-corrected chi connectivity index (χ4v) is 4.19. The molecule has 2 amide bonds. The Hall–Kier alpha value is -2.35. The largest absolute Gasteiger partial charge is 0.467 e. The number of benzene rings is 1. The van der Waals surface area contributed by atoms with Gasteiger partial charge in [0.2, 0.25) is 11.8 Å². The van der Waals surface area contributed by atoms with Gasteiger partial charge in [0.25, 0.3) is 0 Å². The van der Waals surface area contributed by atoms with Crippen molar-refractivity contribution in [2.75, 3.05) is 39.4 Å². The van der Waals surface area contributed by atoms with Crippen molar-refractivity contribution in [3.63, 3.8) is 0 Å². The van der Waals surface area contributed by atoms with E-state index in [0.717, 1.165) is 24.4 Å². The molecular weight excluding hydrogens is 406 g/mol. The zero-order valence-electron chi connectivity index (χ0n) is 16.8. The Bertz CT molecular complexity index is 850. The van der Waals surface area contributed by atoms with Crippen molar-refractivity contribution in [2.24, 2.45) is 5.92 Å². The molecule has 30 heavy (non-hydrogen) atoms. The average Bonchev–Trinajstić information content (AvgIpc) is 3.40. The van der Waals surface area contributed by atoms with E-state index >= 15 is 0 Å². The molecule has 1 aromatic carbocycles. The monoisotopic (exact) mass is 431 g/mol. The van der Waals surface area contributed by atoms with Crippen molar-refractivity contribution in [1.82, 2.24) is 15.1 Å². The van der Waals surface area contributed by atoms with Crippen molar-refractivity contribution in [1.29, 1.82) is 0 Å². The Morgan fingerprint density at radius 1 is 1.20 bits per heavy atom. The molecule has 0 radical (unpaired) electrons. The molecule has 2 aliphatic heterocycles. The molecule has 2 atom stereocenters. The molecule has 160 valence electrons. The summed E-state index contributed by atoms with van der Waals surface area (Å²) in [6.45, 7) is 4.26. The van der Waals surface area contributed by atoms with Crippen LogP contribution in [0.2, 0.25) is 5.02 Å². The fourth-order valence-electron chi connectivity index (χ4n) is 4.06. The van der Waals surface area contributed by atoms with Crippen LogP contribution in [0.5, 0.6) is 0 Å². The van der Waals surface area contributed by atoms with Crippen LogP contribution < -0.4 is 5.32 Å². The normalized spacial score (nSPS) is 21.0. The van der Waals surface area contributed by atoms with Crippen LogP contribution in [0.1, 0.15) is 23.8 Å². The molecule has 0 bridgehead atoms. The summed E-state index contributed by atoms with van der Waals surface area (Å²) < 4.78 is 10.8.